The van der Waals surface area contributed by atoms with Gasteiger partial charge in [0.2, 0.25) is 0 Å². The molecule has 0 atom stereocenters. The number of hydrogen-bond acceptors (Lipinski definition) is 4. The van der Waals surface area contributed by atoms with E-state index in [-0.39, 0.29) is 5.03 Å². The minimum atomic E-state index is -3.50. The molecule has 19 heavy (non-hydrogen) atoms. The van der Waals surface area contributed by atoms with Gasteiger partial charge in [-0.1, -0.05) is 6.92 Å². The molecule has 0 saturated carbocycles. The molecule has 2 rings (SSSR count). The Morgan fingerprint density at radius 1 is 1.47 bits per heavy atom. The normalized spacial score (nSPS) is 12.2. The molecule has 5 nitrogen and oxygen atoms in total. The molecule has 0 spiro atoms. The van der Waals surface area contributed by atoms with Crippen molar-refractivity contribution in [3.63, 3.8) is 0 Å². The summed E-state index contributed by atoms with van der Waals surface area (Å²) in [5, 5.41) is 2.12. The Balaban J connectivity index is 2.22. The molecule has 2 heterocycles. The summed E-state index contributed by atoms with van der Waals surface area (Å²) in [4.78, 5) is 7.94. The lowest BCUT2D eigenvalue weighted by Gasteiger charge is -2.15. The van der Waals surface area contributed by atoms with Crippen molar-refractivity contribution < 1.29 is 8.42 Å². The Kier molecular flexibility index (Phi) is 4.07. The molecule has 0 aliphatic rings. The summed E-state index contributed by atoms with van der Waals surface area (Å²) in [7, 11) is -1.91. The van der Waals surface area contributed by atoms with Crippen LogP contribution in [-0.2, 0) is 23.0 Å². The van der Waals surface area contributed by atoms with Crippen LogP contribution in [0, 0.1) is 6.92 Å². The van der Waals surface area contributed by atoms with Crippen LogP contribution < -0.4 is 0 Å². The van der Waals surface area contributed by atoms with Crippen molar-refractivity contribution in [1.82, 2.24) is 14.3 Å². The summed E-state index contributed by atoms with van der Waals surface area (Å²) in [6.07, 6.45) is 2.06. The van der Waals surface area contributed by atoms with Crippen LogP contribution in [0.25, 0.3) is 0 Å². The molecule has 0 radical (unpaired) electrons. The van der Waals surface area contributed by atoms with E-state index in [0.717, 1.165) is 10.4 Å². The topological polar surface area (TPSA) is 66.1 Å². The zero-order valence-corrected chi connectivity index (χ0v) is 12.8. The van der Waals surface area contributed by atoms with E-state index < -0.39 is 10.0 Å². The number of sulfonamides is 1. The van der Waals surface area contributed by atoms with Gasteiger partial charge in [0.1, 0.15) is 5.82 Å². The number of nitrogens with one attached hydrogen (secondary N) is 1. The van der Waals surface area contributed by atoms with E-state index in [1.165, 1.54) is 10.5 Å². The van der Waals surface area contributed by atoms with Gasteiger partial charge in [0.05, 0.1) is 6.20 Å². The molecule has 0 amide bonds. The van der Waals surface area contributed by atoms with Crippen LogP contribution in [0.1, 0.15) is 23.2 Å². The van der Waals surface area contributed by atoms with Gasteiger partial charge in [0.25, 0.3) is 10.0 Å². The number of aryl methyl sites for hydroxylation is 2. The van der Waals surface area contributed by atoms with Gasteiger partial charge in [-0.15, -0.1) is 11.3 Å². The maximum Gasteiger partial charge on any atom is 0.260 e. The van der Waals surface area contributed by atoms with Gasteiger partial charge < -0.3 is 4.98 Å². The predicted octanol–water partition coefficient (Wildman–Crippen LogP) is 2.16. The third kappa shape index (κ3) is 2.88. The summed E-state index contributed by atoms with van der Waals surface area (Å²) in [6.45, 7) is 4.29. The molecule has 0 aliphatic heterocycles. The van der Waals surface area contributed by atoms with Crippen molar-refractivity contribution in [1.29, 1.82) is 0 Å². The van der Waals surface area contributed by atoms with Gasteiger partial charge >= 0.3 is 0 Å². The zero-order valence-electron chi connectivity index (χ0n) is 11.2. The number of rotatable bonds is 5. The fourth-order valence-electron chi connectivity index (χ4n) is 1.68. The average molecular weight is 299 g/mol. The van der Waals surface area contributed by atoms with Crippen LogP contribution in [0.2, 0.25) is 0 Å². The van der Waals surface area contributed by atoms with Crippen molar-refractivity contribution in [3.05, 3.63) is 33.9 Å². The van der Waals surface area contributed by atoms with E-state index >= 15 is 0 Å². The lowest BCUT2D eigenvalue weighted by atomic mass is 10.3. The second-order valence-electron chi connectivity index (χ2n) is 4.34. The number of thiophene rings is 1. The Bertz CT molecular complexity index is 658. The fourth-order valence-corrected chi connectivity index (χ4v) is 3.78. The van der Waals surface area contributed by atoms with E-state index in [2.05, 4.69) is 9.97 Å². The van der Waals surface area contributed by atoms with Crippen molar-refractivity contribution in [2.75, 3.05) is 7.05 Å². The van der Waals surface area contributed by atoms with Crippen LogP contribution >= 0.6 is 11.3 Å². The maximum atomic E-state index is 12.4. The Morgan fingerprint density at radius 2 is 2.21 bits per heavy atom. The van der Waals surface area contributed by atoms with Gasteiger partial charge in [0.15, 0.2) is 5.03 Å². The Morgan fingerprint density at radius 3 is 2.74 bits per heavy atom. The molecule has 7 heteroatoms. The lowest BCUT2D eigenvalue weighted by Crippen LogP contribution is -2.26. The van der Waals surface area contributed by atoms with E-state index in [0.29, 0.717) is 18.8 Å². The molecule has 0 bridgehead atoms. The number of nitrogens with zero attached hydrogens (tertiary/aromatic N) is 2. The molecule has 1 N–H and O–H groups in total. The highest BCUT2D eigenvalue weighted by molar-refractivity contribution is 7.89. The van der Waals surface area contributed by atoms with Crippen LogP contribution in [-0.4, -0.2) is 29.7 Å². The second kappa shape index (κ2) is 5.44. The minimum absolute atomic E-state index is 0.154. The summed E-state index contributed by atoms with van der Waals surface area (Å²) < 4.78 is 26.1. The fraction of sp³-hybridized carbons (Fsp3) is 0.417. The van der Waals surface area contributed by atoms with Gasteiger partial charge in [-0.05, 0) is 23.9 Å². The van der Waals surface area contributed by atoms with Crippen molar-refractivity contribution in [3.8, 4) is 0 Å². The lowest BCUT2D eigenvalue weighted by molar-refractivity contribution is 0.466. The highest BCUT2D eigenvalue weighted by Gasteiger charge is 2.23. The first-order chi connectivity index (χ1) is 8.95. The van der Waals surface area contributed by atoms with Crippen LogP contribution in [0.15, 0.2) is 22.7 Å². The summed E-state index contributed by atoms with van der Waals surface area (Å²) >= 11 is 1.57. The van der Waals surface area contributed by atoms with Gasteiger partial charge in [0, 0.05) is 24.9 Å². The molecular formula is C12H17N3O2S2. The van der Waals surface area contributed by atoms with E-state index in [4.69, 9.17) is 0 Å². The Hall–Kier alpha value is -1.18. The van der Waals surface area contributed by atoms with Crippen LogP contribution in [0.5, 0.6) is 0 Å². The number of imidazole rings is 1. The Labute approximate surface area is 117 Å². The average Bonchev–Trinajstić information content (AvgIpc) is 2.99. The number of hydrogen-bond donors (Lipinski definition) is 1. The molecule has 104 valence electrons. The first kappa shape index (κ1) is 14.2. The van der Waals surface area contributed by atoms with E-state index in [1.807, 2.05) is 25.3 Å². The molecule has 0 fully saturated rings. The molecule has 2 aromatic heterocycles. The molecule has 0 unspecified atom stereocenters. The van der Waals surface area contributed by atoms with Gasteiger partial charge in [-0.25, -0.2) is 13.4 Å². The maximum absolute atomic E-state index is 12.4. The molecule has 2 aromatic rings. The zero-order chi connectivity index (χ0) is 14.0. The summed E-state index contributed by atoms with van der Waals surface area (Å²) in [5.41, 5.74) is 1.12. The van der Waals surface area contributed by atoms with Crippen LogP contribution in [0.3, 0.4) is 0 Å². The number of aromatic nitrogens is 2. The van der Waals surface area contributed by atoms with Gasteiger partial charge in [-0.2, -0.15) is 4.31 Å². The summed E-state index contributed by atoms with van der Waals surface area (Å²) in [6, 6.07) is 1.99. The van der Waals surface area contributed by atoms with Gasteiger partial charge in [-0.3, -0.25) is 0 Å². The highest BCUT2D eigenvalue weighted by atomic mass is 32.2. The third-order valence-electron chi connectivity index (χ3n) is 2.96. The molecule has 0 aliphatic carbocycles. The second-order valence-corrected chi connectivity index (χ2v) is 7.35. The van der Waals surface area contributed by atoms with Crippen molar-refractivity contribution in [2.45, 2.75) is 31.8 Å². The number of H-pyrrole nitrogens is 1. The predicted molar refractivity (Wildman–Crippen MR) is 75.7 cm³/mol. The molecule has 0 saturated heterocycles. The standard InChI is InChI=1S/C12H17N3O2S2/c1-4-11-13-7-12(14-11)19(16,17)15(3)8-10-9(2)5-6-18-10/h5-7H,4,8H2,1-3H3,(H,13,14). The van der Waals surface area contributed by atoms with E-state index in [1.54, 1.807) is 18.4 Å². The minimum Gasteiger partial charge on any atom is -0.332 e. The van der Waals surface area contributed by atoms with E-state index in [9.17, 15) is 8.42 Å². The highest BCUT2D eigenvalue weighted by Crippen LogP contribution is 2.21. The van der Waals surface area contributed by atoms with Crippen LogP contribution in [0.4, 0.5) is 0 Å². The smallest absolute Gasteiger partial charge is 0.260 e. The monoisotopic (exact) mass is 299 g/mol. The third-order valence-corrected chi connectivity index (χ3v) is 5.68. The van der Waals surface area contributed by atoms with Crippen molar-refractivity contribution in [2.24, 2.45) is 0 Å². The molecule has 0 aromatic carbocycles. The largest absolute Gasteiger partial charge is 0.332 e. The number of aromatic amines is 1. The SMILES string of the molecule is CCc1ncc(S(=O)(=O)N(C)Cc2sccc2C)[nH]1. The first-order valence-corrected chi connectivity index (χ1v) is 8.30. The molecular weight excluding hydrogens is 282 g/mol. The van der Waals surface area contributed by atoms with Crippen molar-refractivity contribution >= 4 is 21.4 Å². The first-order valence-electron chi connectivity index (χ1n) is 5.98. The summed E-state index contributed by atoms with van der Waals surface area (Å²) in [5.74, 6) is 0.680. The quantitative estimate of drug-likeness (QED) is 0.920.